The van der Waals surface area contributed by atoms with Crippen LogP contribution >= 0.6 is 11.6 Å². The Balaban J connectivity index is 2.15. The summed E-state index contributed by atoms with van der Waals surface area (Å²) in [5, 5.41) is 0.361. The third-order valence-corrected chi connectivity index (χ3v) is 3.51. The first-order valence-electron chi connectivity index (χ1n) is 6.56. The summed E-state index contributed by atoms with van der Waals surface area (Å²) in [5.41, 5.74) is 9.62. The van der Waals surface area contributed by atoms with Crippen molar-refractivity contribution in [2.45, 2.75) is 0 Å². The van der Waals surface area contributed by atoms with Crippen LogP contribution in [-0.4, -0.2) is 22.1 Å². The lowest BCUT2D eigenvalue weighted by Gasteiger charge is -2.10. The molecule has 0 atom stereocenters. The molecule has 0 fully saturated rings. The Hall–Kier alpha value is -2.66. The molecule has 6 heteroatoms. The largest absolute Gasteiger partial charge is 0.481 e. The van der Waals surface area contributed by atoms with Crippen molar-refractivity contribution in [2.24, 2.45) is 0 Å². The van der Waals surface area contributed by atoms with Gasteiger partial charge in [0.05, 0.1) is 24.7 Å². The van der Waals surface area contributed by atoms with Crippen molar-refractivity contribution in [1.29, 1.82) is 0 Å². The highest BCUT2D eigenvalue weighted by Crippen LogP contribution is 2.34. The Bertz CT molecular complexity index is 808. The van der Waals surface area contributed by atoms with Crippen molar-refractivity contribution in [3.8, 4) is 28.3 Å². The quantitative estimate of drug-likeness (QED) is 0.750. The average molecular weight is 313 g/mol. The number of nitrogens with zero attached hydrogens (tertiary/aromatic N) is 3. The number of nitrogens with two attached hydrogens (primary N) is 1. The summed E-state index contributed by atoms with van der Waals surface area (Å²) in [6.45, 7) is 0. The molecule has 0 aliphatic rings. The highest BCUT2D eigenvalue weighted by molar-refractivity contribution is 6.32. The number of aromatic nitrogens is 3. The summed E-state index contributed by atoms with van der Waals surface area (Å²) in [4.78, 5) is 12.6. The number of ether oxygens (including phenoxy) is 1. The van der Waals surface area contributed by atoms with E-state index in [1.165, 1.54) is 6.20 Å². The number of hydrogen-bond acceptors (Lipinski definition) is 5. The maximum absolute atomic E-state index is 6.24. The molecule has 0 amide bonds. The van der Waals surface area contributed by atoms with Gasteiger partial charge in [-0.05, 0) is 18.2 Å². The molecule has 0 bridgehead atoms. The molecule has 0 spiro atoms. The monoisotopic (exact) mass is 312 g/mol. The molecule has 110 valence electrons. The van der Waals surface area contributed by atoms with E-state index in [0.29, 0.717) is 22.3 Å². The molecule has 3 aromatic heterocycles. The Morgan fingerprint density at radius 1 is 1.05 bits per heavy atom. The molecule has 22 heavy (non-hydrogen) atoms. The molecule has 0 aliphatic heterocycles. The second-order valence-electron chi connectivity index (χ2n) is 4.59. The number of anilines is 1. The van der Waals surface area contributed by atoms with Gasteiger partial charge in [-0.15, -0.1) is 0 Å². The first-order chi connectivity index (χ1) is 10.7. The van der Waals surface area contributed by atoms with E-state index in [-0.39, 0.29) is 0 Å². The van der Waals surface area contributed by atoms with Crippen LogP contribution in [0.1, 0.15) is 0 Å². The molecular weight excluding hydrogens is 300 g/mol. The van der Waals surface area contributed by atoms with Crippen LogP contribution in [0.15, 0.2) is 48.9 Å². The second kappa shape index (κ2) is 5.99. The number of hydrogen-bond donors (Lipinski definition) is 1. The minimum absolute atomic E-state index is 0.361. The zero-order chi connectivity index (χ0) is 15.5. The van der Waals surface area contributed by atoms with Crippen LogP contribution in [0.25, 0.3) is 22.4 Å². The maximum Gasteiger partial charge on any atom is 0.213 e. The van der Waals surface area contributed by atoms with Crippen LogP contribution in [0.4, 0.5) is 5.69 Å². The van der Waals surface area contributed by atoms with E-state index in [4.69, 9.17) is 22.1 Å². The van der Waals surface area contributed by atoms with E-state index in [9.17, 15) is 0 Å². The van der Waals surface area contributed by atoms with Crippen LogP contribution in [-0.2, 0) is 0 Å². The summed E-state index contributed by atoms with van der Waals surface area (Å²) in [6, 6.07) is 9.33. The Morgan fingerprint density at radius 2 is 1.91 bits per heavy atom. The van der Waals surface area contributed by atoms with Crippen molar-refractivity contribution in [1.82, 2.24) is 15.0 Å². The average Bonchev–Trinajstić information content (AvgIpc) is 2.57. The van der Waals surface area contributed by atoms with Crippen molar-refractivity contribution < 1.29 is 4.74 Å². The van der Waals surface area contributed by atoms with Crippen LogP contribution in [0.2, 0.25) is 5.15 Å². The van der Waals surface area contributed by atoms with E-state index >= 15 is 0 Å². The van der Waals surface area contributed by atoms with E-state index in [1.807, 2.05) is 24.3 Å². The molecule has 3 heterocycles. The number of nitrogen functional groups attached to an aromatic ring is 1. The van der Waals surface area contributed by atoms with Gasteiger partial charge in [-0.3, -0.25) is 4.98 Å². The fourth-order valence-electron chi connectivity index (χ4n) is 2.10. The van der Waals surface area contributed by atoms with Gasteiger partial charge in [0.25, 0.3) is 0 Å². The van der Waals surface area contributed by atoms with Gasteiger partial charge in [0, 0.05) is 35.2 Å². The lowest BCUT2D eigenvalue weighted by Crippen LogP contribution is -1.96. The highest BCUT2D eigenvalue weighted by atomic mass is 35.5. The summed E-state index contributed by atoms with van der Waals surface area (Å²) >= 11 is 6.24. The van der Waals surface area contributed by atoms with Crippen molar-refractivity contribution in [3.63, 3.8) is 0 Å². The molecule has 3 rings (SSSR count). The fourth-order valence-corrected chi connectivity index (χ4v) is 2.31. The Labute approximate surface area is 132 Å². The fraction of sp³-hybridized carbons (Fsp3) is 0.0625. The van der Waals surface area contributed by atoms with Crippen LogP contribution in [0.3, 0.4) is 0 Å². The second-order valence-corrected chi connectivity index (χ2v) is 4.95. The molecule has 2 N–H and O–H groups in total. The van der Waals surface area contributed by atoms with Crippen LogP contribution < -0.4 is 10.5 Å². The van der Waals surface area contributed by atoms with E-state index in [1.54, 1.807) is 25.6 Å². The zero-order valence-electron chi connectivity index (χ0n) is 11.8. The highest BCUT2D eigenvalue weighted by Gasteiger charge is 2.12. The van der Waals surface area contributed by atoms with Crippen molar-refractivity contribution >= 4 is 17.3 Å². The summed E-state index contributed by atoms with van der Waals surface area (Å²) in [5.74, 6) is 0.462. The van der Waals surface area contributed by atoms with Gasteiger partial charge in [0.15, 0.2) is 0 Å². The van der Waals surface area contributed by atoms with E-state index < -0.39 is 0 Å². The topological polar surface area (TPSA) is 73.9 Å². The minimum Gasteiger partial charge on any atom is -0.481 e. The molecule has 0 aliphatic carbocycles. The first-order valence-corrected chi connectivity index (χ1v) is 6.93. The zero-order valence-corrected chi connectivity index (χ0v) is 12.6. The molecular formula is C16H13ClN4O. The molecule has 0 saturated carbocycles. The normalized spacial score (nSPS) is 10.5. The smallest absolute Gasteiger partial charge is 0.213 e. The Morgan fingerprint density at radius 3 is 2.64 bits per heavy atom. The van der Waals surface area contributed by atoms with Gasteiger partial charge in [-0.2, -0.15) is 0 Å². The first kappa shape index (κ1) is 14.3. The lowest BCUT2D eigenvalue weighted by atomic mass is 10.0. The van der Waals surface area contributed by atoms with E-state index in [2.05, 4.69) is 15.0 Å². The van der Waals surface area contributed by atoms with Gasteiger partial charge < -0.3 is 10.5 Å². The van der Waals surface area contributed by atoms with Crippen LogP contribution in [0.5, 0.6) is 5.88 Å². The number of rotatable bonds is 3. The minimum atomic E-state index is 0.361. The predicted octanol–water partition coefficient (Wildman–Crippen LogP) is 3.45. The molecule has 3 aromatic rings. The molecule has 0 radical (unpaired) electrons. The summed E-state index contributed by atoms with van der Waals surface area (Å²) in [7, 11) is 1.55. The lowest BCUT2D eigenvalue weighted by molar-refractivity contribution is 0.398. The van der Waals surface area contributed by atoms with Gasteiger partial charge in [-0.1, -0.05) is 17.7 Å². The molecule has 0 unspecified atom stereocenters. The van der Waals surface area contributed by atoms with Gasteiger partial charge in [0.2, 0.25) is 5.88 Å². The number of halogens is 1. The standard InChI is InChI=1S/C16H13ClN4O/c1-22-15-7-11(13(18)9-20-15)12-6-10(8-21-16(12)17)14-4-2-3-5-19-14/h2-9H,18H2,1H3. The van der Waals surface area contributed by atoms with Gasteiger partial charge in [-0.25, -0.2) is 9.97 Å². The maximum atomic E-state index is 6.24. The van der Waals surface area contributed by atoms with Crippen LogP contribution in [0, 0.1) is 0 Å². The Kier molecular flexibility index (Phi) is 3.89. The van der Waals surface area contributed by atoms with Crippen molar-refractivity contribution in [2.75, 3.05) is 12.8 Å². The SMILES string of the molecule is COc1cc(-c2cc(-c3ccccn3)cnc2Cl)c(N)cn1. The third kappa shape index (κ3) is 2.71. The molecule has 0 aromatic carbocycles. The summed E-state index contributed by atoms with van der Waals surface area (Å²) < 4.78 is 5.14. The molecule has 5 nitrogen and oxygen atoms in total. The third-order valence-electron chi connectivity index (χ3n) is 3.21. The number of pyridine rings is 3. The number of methoxy groups -OCH3 is 1. The predicted molar refractivity (Wildman–Crippen MR) is 86.7 cm³/mol. The molecule has 0 saturated heterocycles. The van der Waals surface area contributed by atoms with E-state index in [0.717, 1.165) is 16.8 Å². The van der Waals surface area contributed by atoms with Crippen molar-refractivity contribution in [3.05, 3.63) is 54.1 Å². The van der Waals surface area contributed by atoms with Gasteiger partial charge in [0.1, 0.15) is 5.15 Å². The van der Waals surface area contributed by atoms with Gasteiger partial charge >= 0.3 is 0 Å². The summed E-state index contributed by atoms with van der Waals surface area (Å²) in [6.07, 6.45) is 4.95.